The number of amides is 1. The average Bonchev–Trinajstić information content (AvgIpc) is 3.51. The lowest BCUT2D eigenvalue weighted by molar-refractivity contribution is -0.124. The number of allylic oxidation sites excluding steroid dienone is 1. The van der Waals surface area contributed by atoms with Crippen molar-refractivity contribution in [2.75, 3.05) is 6.61 Å². The molecule has 0 aliphatic heterocycles. The number of carbonyl (C=O) groups is 2. The van der Waals surface area contributed by atoms with Gasteiger partial charge in [0.05, 0.1) is 21.8 Å². The second-order valence-corrected chi connectivity index (χ2v) is 8.46. The van der Waals surface area contributed by atoms with Crippen molar-refractivity contribution in [2.45, 2.75) is 31.7 Å². The molecule has 0 unspecified atom stereocenters. The van der Waals surface area contributed by atoms with E-state index in [1.807, 2.05) is 24.3 Å². The first-order valence-corrected chi connectivity index (χ1v) is 10.9. The number of ether oxygens (including phenoxy) is 1. The molecular weight excluding hydrogens is 431 g/mol. The highest BCUT2D eigenvalue weighted by atomic mass is 35.5. The van der Waals surface area contributed by atoms with Gasteiger partial charge in [-0.05, 0) is 61.1 Å². The van der Waals surface area contributed by atoms with Crippen LogP contribution in [0.2, 0.25) is 5.02 Å². The maximum Gasteiger partial charge on any atom is 0.339 e. The highest BCUT2D eigenvalue weighted by molar-refractivity contribution is 6.32. The number of rotatable bonds is 5. The average molecular weight is 451 g/mol. The Morgan fingerprint density at radius 1 is 1.16 bits per heavy atom. The second kappa shape index (κ2) is 8.36. The minimum atomic E-state index is -0.559. The first kappa shape index (κ1) is 20.6. The lowest BCUT2D eigenvalue weighted by Crippen LogP contribution is -2.30. The van der Waals surface area contributed by atoms with Gasteiger partial charge in [0.2, 0.25) is 0 Å². The van der Waals surface area contributed by atoms with E-state index < -0.39 is 11.8 Å². The Kier molecular flexibility index (Phi) is 5.39. The zero-order valence-corrected chi connectivity index (χ0v) is 17.9. The summed E-state index contributed by atoms with van der Waals surface area (Å²) in [6.07, 6.45) is 4.77. The number of benzene rings is 2. The van der Waals surface area contributed by atoms with Crippen molar-refractivity contribution in [2.24, 2.45) is 0 Å². The number of esters is 1. The van der Waals surface area contributed by atoms with Gasteiger partial charge in [-0.3, -0.25) is 4.79 Å². The van der Waals surface area contributed by atoms with E-state index in [-0.39, 0.29) is 18.6 Å². The second-order valence-electron chi connectivity index (χ2n) is 8.05. The number of fused-ring (bicyclic) bond motifs is 2. The molecule has 0 spiro atoms. The Hall–Kier alpha value is -3.25. The lowest BCUT2D eigenvalue weighted by Gasteiger charge is -2.12. The van der Waals surface area contributed by atoms with Crippen LogP contribution in [0.4, 0.5) is 4.39 Å². The smallest absolute Gasteiger partial charge is 0.339 e. The summed E-state index contributed by atoms with van der Waals surface area (Å²) in [5.74, 6) is -1.28. The summed E-state index contributed by atoms with van der Waals surface area (Å²) in [5.41, 5.74) is 3.53. The molecule has 0 bridgehead atoms. The van der Waals surface area contributed by atoms with Crippen LogP contribution in [-0.4, -0.2) is 29.5 Å². The summed E-state index contributed by atoms with van der Waals surface area (Å²) in [6, 6.07) is 12.1. The van der Waals surface area contributed by atoms with Crippen molar-refractivity contribution in [3.63, 3.8) is 0 Å². The number of hydrogen-bond donors (Lipinski definition) is 1. The first-order chi connectivity index (χ1) is 15.5. The maximum absolute atomic E-state index is 14.3. The van der Waals surface area contributed by atoms with Crippen molar-refractivity contribution in [3.8, 4) is 0 Å². The predicted molar refractivity (Wildman–Crippen MR) is 121 cm³/mol. The Bertz CT molecular complexity index is 1260. The van der Waals surface area contributed by atoms with Crippen LogP contribution < -0.4 is 5.32 Å². The molecule has 1 fully saturated rings. The van der Waals surface area contributed by atoms with Crippen molar-refractivity contribution >= 4 is 46.0 Å². The van der Waals surface area contributed by atoms with Crippen LogP contribution in [0.25, 0.3) is 22.6 Å². The fourth-order valence-corrected chi connectivity index (χ4v) is 4.25. The largest absolute Gasteiger partial charge is 0.452 e. The number of halogens is 2. The van der Waals surface area contributed by atoms with Gasteiger partial charge >= 0.3 is 5.97 Å². The third-order valence-electron chi connectivity index (χ3n) is 5.74. The van der Waals surface area contributed by atoms with Gasteiger partial charge in [0.15, 0.2) is 6.61 Å². The molecule has 162 valence electrons. The fourth-order valence-electron chi connectivity index (χ4n) is 4.04. The zero-order chi connectivity index (χ0) is 22.2. The van der Waals surface area contributed by atoms with Gasteiger partial charge in [0, 0.05) is 17.0 Å². The van der Waals surface area contributed by atoms with Crippen molar-refractivity contribution in [3.05, 3.63) is 75.7 Å². The Morgan fingerprint density at radius 2 is 1.97 bits per heavy atom. The van der Waals surface area contributed by atoms with Crippen LogP contribution in [0.1, 0.15) is 46.4 Å². The zero-order valence-electron chi connectivity index (χ0n) is 17.2. The molecule has 32 heavy (non-hydrogen) atoms. The summed E-state index contributed by atoms with van der Waals surface area (Å²) in [4.78, 5) is 29.8. The Balaban J connectivity index is 1.53. The highest BCUT2D eigenvalue weighted by Crippen LogP contribution is 2.38. The van der Waals surface area contributed by atoms with E-state index in [2.05, 4.69) is 5.32 Å². The molecule has 1 amide bonds. The van der Waals surface area contributed by atoms with Gasteiger partial charge in [-0.15, -0.1) is 0 Å². The van der Waals surface area contributed by atoms with Crippen LogP contribution in [0.15, 0.2) is 42.5 Å². The molecule has 3 aromatic rings. The molecular formula is C25H20ClFN2O3. The summed E-state index contributed by atoms with van der Waals surface area (Å²) in [7, 11) is 0. The first-order valence-electron chi connectivity index (χ1n) is 10.5. The Labute approximate surface area is 189 Å². The number of carbonyl (C=O) groups excluding carboxylic acids is 2. The molecule has 2 aromatic carbocycles. The van der Waals surface area contributed by atoms with Gasteiger partial charge in [0.25, 0.3) is 5.91 Å². The number of para-hydroxylation sites is 1. The number of pyridine rings is 1. The number of nitrogens with zero attached hydrogens (tertiary/aromatic N) is 1. The maximum atomic E-state index is 14.3. The van der Waals surface area contributed by atoms with E-state index in [0.29, 0.717) is 45.6 Å². The quantitative estimate of drug-likeness (QED) is 0.558. The van der Waals surface area contributed by atoms with Crippen LogP contribution in [0.5, 0.6) is 0 Å². The van der Waals surface area contributed by atoms with Crippen molar-refractivity contribution in [1.29, 1.82) is 0 Å². The molecule has 5 rings (SSSR count). The number of hydrogen-bond acceptors (Lipinski definition) is 4. The minimum Gasteiger partial charge on any atom is -0.452 e. The van der Waals surface area contributed by atoms with E-state index in [4.69, 9.17) is 21.3 Å². The molecule has 1 N–H and O–H groups in total. The number of nitrogens with one attached hydrogen (secondary N) is 1. The third-order valence-corrected chi connectivity index (χ3v) is 6.07. The van der Waals surface area contributed by atoms with Gasteiger partial charge in [-0.25, -0.2) is 14.2 Å². The lowest BCUT2D eigenvalue weighted by atomic mass is 10.0. The van der Waals surface area contributed by atoms with Crippen LogP contribution >= 0.6 is 11.6 Å². The van der Waals surface area contributed by atoms with Gasteiger partial charge < -0.3 is 10.1 Å². The molecule has 0 atom stereocenters. The van der Waals surface area contributed by atoms with Crippen LogP contribution in [0.3, 0.4) is 0 Å². The summed E-state index contributed by atoms with van der Waals surface area (Å²) < 4.78 is 19.7. The topological polar surface area (TPSA) is 68.3 Å². The molecule has 7 heteroatoms. The van der Waals surface area contributed by atoms with E-state index in [1.54, 1.807) is 18.2 Å². The summed E-state index contributed by atoms with van der Waals surface area (Å²) in [6.45, 7) is -0.325. The summed E-state index contributed by atoms with van der Waals surface area (Å²) >= 11 is 6.21. The van der Waals surface area contributed by atoms with Gasteiger partial charge in [-0.2, -0.15) is 0 Å². The number of aromatic nitrogens is 1. The fraction of sp³-hybridized carbons (Fsp3) is 0.240. The standard InChI is InChI=1S/C25H20ClFN2O3/c26-19-5-3-6-20(27)18(19)12-14-8-11-17-23(16-4-1-2-7-21(16)29-24(14)17)25(31)32-13-22(30)28-15-9-10-15/h1-7,12,15H,8-11,13H2,(H,28,30)/b14-12+. The van der Waals surface area contributed by atoms with Gasteiger partial charge in [0.1, 0.15) is 5.82 Å². The molecule has 0 saturated heterocycles. The van der Waals surface area contributed by atoms with Crippen molar-refractivity contribution < 1.29 is 18.7 Å². The van der Waals surface area contributed by atoms with E-state index in [0.717, 1.165) is 24.0 Å². The molecule has 2 aliphatic rings. The monoisotopic (exact) mass is 450 g/mol. The normalized spacial score (nSPS) is 16.2. The highest BCUT2D eigenvalue weighted by Gasteiger charge is 2.29. The molecule has 1 saturated carbocycles. The van der Waals surface area contributed by atoms with E-state index in [9.17, 15) is 14.0 Å². The van der Waals surface area contributed by atoms with Crippen LogP contribution in [0, 0.1) is 5.82 Å². The molecule has 1 aromatic heterocycles. The van der Waals surface area contributed by atoms with Crippen molar-refractivity contribution in [1.82, 2.24) is 10.3 Å². The van der Waals surface area contributed by atoms with E-state index >= 15 is 0 Å². The van der Waals surface area contributed by atoms with Gasteiger partial charge in [-0.1, -0.05) is 35.9 Å². The predicted octanol–water partition coefficient (Wildman–Crippen LogP) is 4.95. The third kappa shape index (κ3) is 3.98. The molecule has 0 radical (unpaired) electrons. The van der Waals surface area contributed by atoms with E-state index in [1.165, 1.54) is 6.07 Å². The molecule has 1 heterocycles. The molecule has 2 aliphatic carbocycles. The Morgan fingerprint density at radius 3 is 2.75 bits per heavy atom. The molecule has 5 nitrogen and oxygen atoms in total. The van der Waals surface area contributed by atoms with Crippen LogP contribution in [-0.2, 0) is 16.0 Å². The summed E-state index contributed by atoms with van der Waals surface area (Å²) in [5, 5.41) is 3.79. The SMILES string of the molecule is O=C(COC(=O)c1c2c(nc3ccccc13)/C(=C/c1c(F)cccc1Cl)CC2)NC1CC1. The minimum absolute atomic E-state index is 0.199.